The number of benzene rings is 1. The van der Waals surface area contributed by atoms with E-state index in [1.807, 2.05) is 0 Å². The van der Waals surface area contributed by atoms with Crippen molar-refractivity contribution in [3.63, 3.8) is 0 Å². The smallest absolute Gasteiger partial charge is 0.224 e. The molecule has 0 aliphatic heterocycles. The monoisotopic (exact) mass is 289 g/mol. The molecule has 1 aromatic heterocycles. The molecule has 1 heterocycles. The van der Waals surface area contributed by atoms with E-state index in [0.717, 1.165) is 18.9 Å². The first-order valence-electron chi connectivity index (χ1n) is 6.07. The Bertz CT molecular complexity index is 710. The highest BCUT2D eigenvalue weighted by molar-refractivity contribution is 6.29. The van der Waals surface area contributed by atoms with Gasteiger partial charge in [-0.25, -0.2) is 9.37 Å². The van der Waals surface area contributed by atoms with Gasteiger partial charge in [0, 0.05) is 18.1 Å². The van der Waals surface area contributed by atoms with Crippen LogP contribution in [0, 0.1) is 17.1 Å². The van der Waals surface area contributed by atoms with Crippen molar-refractivity contribution in [1.82, 2.24) is 9.97 Å². The zero-order chi connectivity index (χ0) is 14.1. The van der Waals surface area contributed by atoms with Gasteiger partial charge in [-0.3, -0.25) is 0 Å². The standard InChI is InChI=1S/C14H9ClFN3O/c15-12-6-13(19-14(18-12)8-1-2-8)20-10-4-3-9(7-17)11(16)5-10/h3-6,8H,1-2H2. The Morgan fingerprint density at radius 3 is 2.75 bits per heavy atom. The third kappa shape index (κ3) is 2.70. The van der Waals surface area contributed by atoms with E-state index in [-0.39, 0.29) is 17.2 Å². The van der Waals surface area contributed by atoms with E-state index in [0.29, 0.717) is 16.9 Å². The van der Waals surface area contributed by atoms with E-state index in [9.17, 15) is 4.39 Å². The maximum atomic E-state index is 13.5. The summed E-state index contributed by atoms with van der Waals surface area (Å²) in [5.74, 6) is 0.900. The molecular formula is C14H9ClFN3O. The normalized spacial score (nSPS) is 13.8. The molecule has 0 saturated heterocycles. The number of hydrogen-bond acceptors (Lipinski definition) is 4. The van der Waals surface area contributed by atoms with Gasteiger partial charge >= 0.3 is 0 Å². The molecule has 0 atom stereocenters. The third-order valence-electron chi connectivity index (χ3n) is 2.91. The fourth-order valence-corrected chi connectivity index (χ4v) is 1.94. The van der Waals surface area contributed by atoms with Crippen molar-refractivity contribution in [2.45, 2.75) is 18.8 Å². The van der Waals surface area contributed by atoms with Gasteiger partial charge in [0.2, 0.25) is 5.88 Å². The number of ether oxygens (including phenoxy) is 1. The SMILES string of the molecule is N#Cc1ccc(Oc2cc(Cl)nc(C3CC3)n2)cc1F. The molecule has 2 aromatic rings. The average molecular weight is 290 g/mol. The predicted octanol–water partition coefficient (Wildman–Crippen LogP) is 3.81. The summed E-state index contributed by atoms with van der Waals surface area (Å²) >= 11 is 5.92. The first-order chi connectivity index (χ1) is 9.65. The van der Waals surface area contributed by atoms with Crippen molar-refractivity contribution in [2.24, 2.45) is 0 Å². The molecule has 1 fully saturated rings. The summed E-state index contributed by atoms with van der Waals surface area (Å²) in [6.45, 7) is 0. The number of rotatable bonds is 3. The largest absolute Gasteiger partial charge is 0.439 e. The first kappa shape index (κ1) is 12.8. The topological polar surface area (TPSA) is 58.8 Å². The van der Waals surface area contributed by atoms with E-state index >= 15 is 0 Å². The van der Waals surface area contributed by atoms with E-state index in [1.54, 1.807) is 6.07 Å². The Hall–Kier alpha value is -2.19. The Morgan fingerprint density at radius 2 is 2.10 bits per heavy atom. The van der Waals surface area contributed by atoms with Crippen LogP contribution < -0.4 is 4.74 Å². The van der Waals surface area contributed by atoms with Gasteiger partial charge in [-0.15, -0.1) is 0 Å². The zero-order valence-corrected chi connectivity index (χ0v) is 11.1. The molecule has 3 rings (SSSR count). The molecule has 1 saturated carbocycles. The summed E-state index contributed by atoms with van der Waals surface area (Å²) in [6, 6.07) is 7.24. The highest BCUT2D eigenvalue weighted by atomic mass is 35.5. The van der Waals surface area contributed by atoms with Crippen LogP contribution in [-0.2, 0) is 0 Å². The molecule has 100 valence electrons. The molecule has 4 nitrogen and oxygen atoms in total. The lowest BCUT2D eigenvalue weighted by Crippen LogP contribution is -1.97. The van der Waals surface area contributed by atoms with E-state index in [2.05, 4.69) is 9.97 Å². The van der Waals surface area contributed by atoms with Crippen LogP contribution in [0.15, 0.2) is 24.3 Å². The summed E-state index contributed by atoms with van der Waals surface area (Å²) in [6.07, 6.45) is 2.09. The summed E-state index contributed by atoms with van der Waals surface area (Å²) in [7, 11) is 0. The van der Waals surface area contributed by atoms with Crippen molar-refractivity contribution in [3.8, 4) is 17.7 Å². The Balaban J connectivity index is 1.87. The van der Waals surface area contributed by atoms with E-state index < -0.39 is 5.82 Å². The maximum Gasteiger partial charge on any atom is 0.224 e. The Kier molecular flexibility index (Phi) is 3.25. The maximum absolute atomic E-state index is 13.5. The molecule has 0 amide bonds. The summed E-state index contributed by atoms with van der Waals surface area (Å²) < 4.78 is 19.0. The molecular weight excluding hydrogens is 281 g/mol. The predicted molar refractivity (Wildman–Crippen MR) is 70.2 cm³/mol. The van der Waals surface area contributed by atoms with Crippen LogP contribution >= 0.6 is 11.6 Å². The second-order valence-electron chi connectivity index (χ2n) is 4.52. The first-order valence-corrected chi connectivity index (χ1v) is 6.45. The molecule has 0 radical (unpaired) electrons. The molecule has 1 aliphatic rings. The summed E-state index contributed by atoms with van der Waals surface area (Å²) in [5.41, 5.74) is -0.0308. The van der Waals surface area contributed by atoms with Gasteiger partial charge in [0.1, 0.15) is 28.6 Å². The minimum atomic E-state index is -0.632. The lowest BCUT2D eigenvalue weighted by molar-refractivity contribution is 0.454. The van der Waals surface area contributed by atoms with Crippen LogP contribution in [0.25, 0.3) is 0 Å². The molecule has 6 heteroatoms. The molecule has 0 spiro atoms. The number of nitrogens with zero attached hydrogens (tertiary/aromatic N) is 3. The number of halogens is 2. The summed E-state index contributed by atoms with van der Waals surface area (Å²) in [5, 5.41) is 8.97. The van der Waals surface area contributed by atoms with Crippen molar-refractivity contribution >= 4 is 11.6 Å². The number of nitriles is 1. The van der Waals surface area contributed by atoms with Gasteiger partial charge in [-0.05, 0) is 25.0 Å². The van der Waals surface area contributed by atoms with E-state index in [1.165, 1.54) is 18.2 Å². The Morgan fingerprint density at radius 1 is 1.30 bits per heavy atom. The van der Waals surface area contributed by atoms with Gasteiger partial charge in [0.05, 0.1) is 5.56 Å². The number of hydrogen-bond donors (Lipinski definition) is 0. The van der Waals surface area contributed by atoms with Crippen LogP contribution in [-0.4, -0.2) is 9.97 Å². The molecule has 0 N–H and O–H groups in total. The molecule has 1 aromatic carbocycles. The number of aromatic nitrogens is 2. The third-order valence-corrected chi connectivity index (χ3v) is 3.11. The van der Waals surface area contributed by atoms with Gasteiger partial charge in [0.15, 0.2) is 0 Å². The van der Waals surface area contributed by atoms with Crippen LogP contribution in [0.5, 0.6) is 11.6 Å². The fraction of sp³-hybridized carbons (Fsp3) is 0.214. The fourth-order valence-electron chi connectivity index (χ4n) is 1.76. The minimum Gasteiger partial charge on any atom is -0.439 e. The van der Waals surface area contributed by atoms with E-state index in [4.69, 9.17) is 21.6 Å². The molecule has 0 unspecified atom stereocenters. The van der Waals surface area contributed by atoms with Crippen molar-refractivity contribution in [3.05, 3.63) is 46.6 Å². The quantitative estimate of drug-likeness (QED) is 0.806. The lowest BCUT2D eigenvalue weighted by Gasteiger charge is -2.07. The second-order valence-corrected chi connectivity index (χ2v) is 4.90. The molecule has 0 bridgehead atoms. The van der Waals surface area contributed by atoms with Gasteiger partial charge < -0.3 is 4.74 Å². The minimum absolute atomic E-state index is 0.0308. The summed E-state index contributed by atoms with van der Waals surface area (Å²) in [4.78, 5) is 8.40. The highest BCUT2D eigenvalue weighted by Crippen LogP contribution is 2.39. The molecule has 1 aliphatic carbocycles. The lowest BCUT2D eigenvalue weighted by atomic mass is 10.2. The van der Waals surface area contributed by atoms with Crippen LogP contribution in [0.2, 0.25) is 5.15 Å². The molecule has 20 heavy (non-hydrogen) atoms. The van der Waals surface area contributed by atoms with Gasteiger partial charge in [0.25, 0.3) is 0 Å². The zero-order valence-electron chi connectivity index (χ0n) is 10.3. The van der Waals surface area contributed by atoms with Crippen LogP contribution in [0.1, 0.15) is 30.1 Å². The second kappa shape index (κ2) is 5.06. The highest BCUT2D eigenvalue weighted by Gasteiger charge is 2.27. The average Bonchev–Trinajstić information content (AvgIpc) is 3.22. The van der Waals surface area contributed by atoms with Crippen molar-refractivity contribution < 1.29 is 9.13 Å². The van der Waals surface area contributed by atoms with Crippen molar-refractivity contribution in [1.29, 1.82) is 5.26 Å². The van der Waals surface area contributed by atoms with Crippen LogP contribution in [0.4, 0.5) is 4.39 Å². The van der Waals surface area contributed by atoms with Gasteiger partial charge in [-0.1, -0.05) is 11.6 Å². The van der Waals surface area contributed by atoms with Crippen LogP contribution in [0.3, 0.4) is 0 Å². The van der Waals surface area contributed by atoms with Crippen molar-refractivity contribution in [2.75, 3.05) is 0 Å². The Labute approximate surface area is 119 Å². The van der Waals surface area contributed by atoms with Gasteiger partial charge in [-0.2, -0.15) is 10.2 Å².